The molecule has 1 aliphatic rings. The highest BCUT2D eigenvalue weighted by molar-refractivity contribution is 14.0. The Morgan fingerprint density at radius 3 is 2.50 bits per heavy atom. The first-order chi connectivity index (χ1) is 7.36. The van der Waals surface area contributed by atoms with Crippen LogP contribution in [0.5, 0.6) is 0 Å². The van der Waals surface area contributed by atoms with Crippen LogP contribution < -0.4 is 10.6 Å². The molecule has 0 aliphatic heterocycles. The van der Waals surface area contributed by atoms with E-state index in [9.17, 15) is 0 Å². The molecule has 16 heavy (non-hydrogen) atoms. The zero-order valence-electron chi connectivity index (χ0n) is 10.6. The Kier molecular flexibility index (Phi) is 10.2. The van der Waals surface area contributed by atoms with Crippen molar-refractivity contribution in [1.82, 2.24) is 10.6 Å². The minimum absolute atomic E-state index is 0. The van der Waals surface area contributed by atoms with Crippen LogP contribution >= 0.6 is 24.0 Å². The zero-order valence-corrected chi connectivity index (χ0v) is 12.9. The summed E-state index contributed by atoms with van der Waals surface area (Å²) >= 11 is 0. The predicted molar refractivity (Wildman–Crippen MR) is 81.7 cm³/mol. The summed E-state index contributed by atoms with van der Waals surface area (Å²) in [4.78, 5) is 4.56. The number of guanidine groups is 1. The lowest BCUT2D eigenvalue weighted by molar-refractivity contribution is 0.670. The van der Waals surface area contributed by atoms with Gasteiger partial charge in [0.25, 0.3) is 0 Å². The molecule has 0 aromatic carbocycles. The molecule has 1 fully saturated rings. The van der Waals surface area contributed by atoms with Crippen molar-refractivity contribution in [1.29, 1.82) is 0 Å². The SMILES string of the molecule is CCCCCCN=C(NCC)NC1CC1.I. The molecular formula is C12H26IN3. The molecule has 0 heterocycles. The van der Waals surface area contributed by atoms with Gasteiger partial charge in [0.2, 0.25) is 0 Å². The van der Waals surface area contributed by atoms with Gasteiger partial charge in [-0.3, -0.25) is 4.99 Å². The third kappa shape index (κ3) is 8.19. The van der Waals surface area contributed by atoms with Crippen molar-refractivity contribution < 1.29 is 0 Å². The van der Waals surface area contributed by atoms with Crippen molar-refractivity contribution in [3.05, 3.63) is 0 Å². The molecule has 0 aromatic heterocycles. The molecule has 96 valence electrons. The summed E-state index contributed by atoms with van der Waals surface area (Å²) in [5, 5.41) is 6.71. The molecule has 0 bridgehead atoms. The smallest absolute Gasteiger partial charge is 0.191 e. The van der Waals surface area contributed by atoms with E-state index in [0.29, 0.717) is 6.04 Å². The third-order valence-electron chi connectivity index (χ3n) is 2.54. The maximum Gasteiger partial charge on any atom is 0.191 e. The molecule has 1 saturated carbocycles. The lowest BCUT2D eigenvalue weighted by Crippen LogP contribution is -2.38. The topological polar surface area (TPSA) is 36.4 Å². The highest BCUT2D eigenvalue weighted by atomic mass is 127. The van der Waals surface area contributed by atoms with E-state index in [0.717, 1.165) is 19.0 Å². The van der Waals surface area contributed by atoms with Crippen LogP contribution in [0.2, 0.25) is 0 Å². The van der Waals surface area contributed by atoms with Crippen molar-refractivity contribution in [2.75, 3.05) is 13.1 Å². The van der Waals surface area contributed by atoms with Gasteiger partial charge >= 0.3 is 0 Å². The van der Waals surface area contributed by atoms with E-state index >= 15 is 0 Å². The fraction of sp³-hybridized carbons (Fsp3) is 0.917. The van der Waals surface area contributed by atoms with Crippen LogP contribution in [0, 0.1) is 0 Å². The number of hydrogen-bond donors (Lipinski definition) is 2. The van der Waals surface area contributed by atoms with E-state index < -0.39 is 0 Å². The van der Waals surface area contributed by atoms with Gasteiger partial charge in [-0.1, -0.05) is 26.2 Å². The quantitative estimate of drug-likeness (QED) is 0.324. The van der Waals surface area contributed by atoms with Crippen molar-refractivity contribution in [3.63, 3.8) is 0 Å². The van der Waals surface area contributed by atoms with Crippen LogP contribution in [-0.4, -0.2) is 25.1 Å². The van der Waals surface area contributed by atoms with E-state index in [4.69, 9.17) is 0 Å². The van der Waals surface area contributed by atoms with Gasteiger partial charge in [-0.25, -0.2) is 0 Å². The Morgan fingerprint density at radius 2 is 1.94 bits per heavy atom. The highest BCUT2D eigenvalue weighted by Crippen LogP contribution is 2.18. The van der Waals surface area contributed by atoms with Gasteiger partial charge in [0.05, 0.1) is 0 Å². The first kappa shape index (κ1) is 16.0. The number of nitrogens with one attached hydrogen (secondary N) is 2. The Balaban J connectivity index is 0.00000225. The average molecular weight is 339 g/mol. The molecular weight excluding hydrogens is 313 g/mol. The fourth-order valence-electron chi connectivity index (χ4n) is 1.47. The first-order valence-electron chi connectivity index (χ1n) is 6.41. The Labute approximate surface area is 117 Å². The predicted octanol–water partition coefficient (Wildman–Crippen LogP) is 2.90. The van der Waals surface area contributed by atoms with Gasteiger partial charge in [-0.15, -0.1) is 24.0 Å². The average Bonchev–Trinajstić information content (AvgIpc) is 3.01. The number of rotatable bonds is 7. The molecule has 0 unspecified atom stereocenters. The monoisotopic (exact) mass is 339 g/mol. The van der Waals surface area contributed by atoms with Gasteiger partial charge in [0.15, 0.2) is 5.96 Å². The highest BCUT2D eigenvalue weighted by Gasteiger charge is 2.21. The van der Waals surface area contributed by atoms with Gasteiger partial charge in [0.1, 0.15) is 0 Å². The summed E-state index contributed by atoms with van der Waals surface area (Å²) < 4.78 is 0. The molecule has 0 amide bonds. The second-order valence-electron chi connectivity index (χ2n) is 4.24. The lowest BCUT2D eigenvalue weighted by atomic mass is 10.2. The zero-order chi connectivity index (χ0) is 10.9. The first-order valence-corrected chi connectivity index (χ1v) is 6.41. The second-order valence-corrected chi connectivity index (χ2v) is 4.24. The van der Waals surface area contributed by atoms with Crippen LogP contribution in [-0.2, 0) is 0 Å². The van der Waals surface area contributed by atoms with E-state index in [-0.39, 0.29) is 24.0 Å². The summed E-state index contributed by atoms with van der Waals surface area (Å²) in [7, 11) is 0. The molecule has 0 radical (unpaired) electrons. The normalized spacial score (nSPS) is 15.5. The van der Waals surface area contributed by atoms with Gasteiger partial charge in [0, 0.05) is 19.1 Å². The number of unbranched alkanes of at least 4 members (excludes halogenated alkanes) is 3. The van der Waals surface area contributed by atoms with Crippen LogP contribution in [0.25, 0.3) is 0 Å². The molecule has 0 atom stereocenters. The van der Waals surface area contributed by atoms with Crippen molar-refractivity contribution in [3.8, 4) is 0 Å². The number of halogens is 1. The Hall–Kier alpha value is 0. The van der Waals surface area contributed by atoms with Gasteiger partial charge in [-0.05, 0) is 26.2 Å². The van der Waals surface area contributed by atoms with Crippen LogP contribution in [0.4, 0.5) is 0 Å². The van der Waals surface area contributed by atoms with Gasteiger partial charge in [-0.2, -0.15) is 0 Å². The Bertz CT molecular complexity index is 191. The molecule has 3 nitrogen and oxygen atoms in total. The van der Waals surface area contributed by atoms with E-state index in [1.807, 2.05) is 0 Å². The third-order valence-corrected chi connectivity index (χ3v) is 2.54. The maximum atomic E-state index is 4.56. The van der Waals surface area contributed by atoms with Crippen molar-refractivity contribution >= 4 is 29.9 Å². The summed E-state index contributed by atoms with van der Waals surface area (Å²) in [5.41, 5.74) is 0. The van der Waals surface area contributed by atoms with Crippen molar-refractivity contribution in [2.24, 2.45) is 4.99 Å². The fourth-order valence-corrected chi connectivity index (χ4v) is 1.47. The molecule has 0 spiro atoms. The lowest BCUT2D eigenvalue weighted by Gasteiger charge is -2.09. The van der Waals surface area contributed by atoms with E-state index in [2.05, 4.69) is 29.5 Å². The minimum Gasteiger partial charge on any atom is -0.357 e. The van der Waals surface area contributed by atoms with E-state index in [1.54, 1.807) is 0 Å². The largest absolute Gasteiger partial charge is 0.357 e. The summed E-state index contributed by atoms with van der Waals surface area (Å²) in [6, 6.07) is 0.693. The van der Waals surface area contributed by atoms with Crippen LogP contribution in [0.1, 0.15) is 52.4 Å². The molecule has 0 aromatic rings. The van der Waals surface area contributed by atoms with Crippen molar-refractivity contribution in [2.45, 2.75) is 58.4 Å². The maximum absolute atomic E-state index is 4.56. The summed E-state index contributed by atoms with van der Waals surface area (Å²) in [5.74, 6) is 1.01. The number of aliphatic imine (C=N–C) groups is 1. The standard InChI is InChI=1S/C12H25N3.HI/c1-3-5-6-7-10-14-12(13-4-2)15-11-8-9-11;/h11H,3-10H2,1-2H3,(H2,13,14,15);1H. The van der Waals surface area contributed by atoms with Gasteiger partial charge < -0.3 is 10.6 Å². The summed E-state index contributed by atoms with van der Waals surface area (Å²) in [6.07, 6.45) is 7.77. The van der Waals surface area contributed by atoms with E-state index in [1.165, 1.54) is 38.5 Å². The Morgan fingerprint density at radius 1 is 1.19 bits per heavy atom. The van der Waals surface area contributed by atoms with Crippen LogP contribution in [0.15, 0.2) is 4.99 Å². The number of nitrogens with zero attached hydrogens (tertiary/aromatic N) is 1. The molecule has 1 rings (SSSR count). The number of hydrogen-bond acceptors (Lipinski definition) is 1. The second kappa shape index (κ2) is 10.2. The van der Waals surface area contributed by atoms with Crippen LogP contribution in [0.3, 0.4) is 0 Å². The molecule has 4 heteroatoms. The summed E-state index contributed by atoms with van der Waals surface area (Å²) in [6.45, 7) is 6.26. The molecule has 1 aliphatic carbocycles. The molecule has 0 saturated heterocycles. The molecule has 2 N–H and O–H groups in total. The minimum atomic E-state index is 0.